The third-order valence-corrected chi connectivity index (χ3v) is 7.04. The second-order valence-corrected chi connectivity index (χ2v) is 10.4. The lowest BCUT2D eigenvalue weighted by Gasteiger charge is -2.13. The topological polar surface area (TPSA) is 135 Å². The Morgan fingerprint density at radius 1 is 0.750 bits per heavy atom. The van der Waals surface area contributed by atoms with Gasteiger partial charge in [0.25, 0.3) is 0 Å². The molecule has 1 aliphatic carbocycles. The number of rotatable bonds is 4. The zero-order valence-corrected chi connectivity index (χ0v) is 24.9. The first-order chi connectivity index (χ1) is 20.6. The molecule has 4 aromatic carbocycles. The van der Waals surface area contributed by atoms with Crippen LogP contribution in [0, 0.1) is 0 Å². The summed E-state index contributed by atoms with van der Waals surface area (Å²) in [5, 5.41) is 47.6. The Morgan fingerprint density at radius 2 is 1.36 bits per heavy atom. The first-order valence-electron chi connectivity index (χ1n) is 13.6. The second kappa shape index (κ2) is 13.4. The number of fused-ring (bicyclic) bond motifs is 3. The molecule has 5 aromatic rings. The van der Waals surface area contributed by atoms with Crippen molar-refractivity contribution in [2.24, 2.45) is 0 Å². The zero-order valence-electron chi connectivity index (χ0n) is 24.1. The van der Waals surface area contributed by atoms with Crippen molar-refractivity contribution in [1.82, 2.24) is 4.90 Å². The van der Waals surface area contributed by atoms with E-state index in [-0.39, 0.29) is 46.2 Å². The van der Waals surface area contributed by atoms with Gasteiger partial charge >= 0.3 is 0 Å². The van der Waals surface area contributed by atoms with E-state index in [4.69, 9.17) is 4.42 Å². The van der Waals surface area contributed by atoms with E-state index in [1.807, 2.05) is 0 Å². The molecule has 0 fully saturated rings. The van der Waals surface area contributed by atoms with E-state index in [9.17, 15) is 30.3 Å². The summed E-state index contributed by atoms with van der Waals surface area (Å²) in [6, 6.07) is 22.9. The molecule has 0 aliphatic heterocycles. The van der Waals surface area contributed by atoms with E-state index in [0.29, 0.717) is 0 Å². The second-order valence-electron chi connectivity index (χ2n) is 10.4. The highest BCUT2D eigenvalue weighted by molar-refractivity contribution is 5.93. The normalized spacial score (nSPS) is 11.6. The molecule has 1 heterocycles. The van der Waals surface area contributed by atoms with Crippen molar-refractivity contribution in [2.75, 3.05) is 20.6 Å². The highest BCUT2D eigenvalue weighted by atomic mass is 35.5. The van der Waals surface area contributed by atoms with Crippen LogP contribution in [0.15, 0.2) is 94.2 Å². The molecular formula is C35H32ClNO7. The molecule has 6 rings (SSSR count). The summed E-state index contributed by atoms with van der Waals surface area (Å²) >= 11 is 0. The van der Waals surface area contributed by atoms with Gasteiger partial charge in [-0.1, -0.05) is 66.8 Å². The zero-order chi connectivity index (χ0) is 30.7. The highest BCUT2D eigenvalue weighted by Gasteiger charge is 2.19. The number of halogens is 1. The highest BCUT2D eigenvalue weighted by Crippen LogP contribution is 2.38. The third-order valence-electron chi connectivity index (χ3n) is 7.04. The lowest BCUT2D eigenvalue weighted by Crippen LogP contribution is -2.12. The van der Waals surface area contributed by atoms with Gasteiger partial charge in [-0.2, -0.15) is 0 Å². The first-order valence-corrected chi connectivity index (χ1v) is 13.6. The van der Waals surface area contributed by atoms with E-state index < -0.39 is 22.7 Å². The molecule has 5 N–H and O–H groups in total. The molecular weight excluding hydrogens is 582 g/mol. The Bertz CT molecular complexity index is 1890. The van der Waals surface area contributed by atoms with Gasteiger partial charge in [-0.25, -0.2) is 0 Å². The summed E-state index contributed by atoms with van der Waals surface area (Å²) in [7, 11) is 4.24. The Kier molecular flexibility index (Phi) is 9.68. The largest absolute Gasteiger partial charge is 0.508 e. The molecule has 0 saturated carbocycles. The van der Waals surface area contributed by atoms with Gasteiger partial charge in [0, 0.05) is 24.2 Å². The molecule has 226 valence electrons. The number of benzene rings is 4. The molecule has 44 heavy (non-hydrogen) atoms. The van der Waals surface area contributed by atoms with Gasteiger partial charge in [0.2, 0.25) is 11.2 Å². The molecule has 0 spiro atoms. The molecule has 0 saturated heterocycles. The van der Waals surface area contributed by atoms with Crippen molar-refractivity contribution in [3.63, 3.8) is 0 Å². The standard InChI is InChI=1S/C20H21N.C15H10O7.ClH/c1-21(2)15-7-12-20-18-10-5-3-8-16(18)13-14-17-9-4-6-11-19(17)20;16-7-4-10(19)12-11(5-7)22-15(14(21)13(12)20)6-1-2-8(17)9(18)3-6;/h3-6,8-14H,7,15H2,1-2H3;1-5,16-19,21H;1H. The van der Waals surface area contributed by atoms with Gasteiger partial charge in [-0.05, 0) is 66.5 Å². The predicted octanol–water partition coefficient (Wildman–Crippen LogP) is 6.96. The van der Waals surface area contributed by atoms with Gasteiger partial charge < -0.3 is 34.8 Å². The molecule has 9 heteroatoms. The van der Waals surface area contributed by atoms with Gasteiger partial charge in [0.1, 0.15) is 22.5 Å². The van der Waals surface area contributed by atoms with Crippen molar-refractivity contribution < 1.29 is 29.9 Å². The summed E-state index contributed by atoms with van der Waals surface area (Å²) in [5.41, 5.74) is 5.72. The Balaban J connectivity index is 0.000000197. The number of aromatic hydroxyl groups is 5. The van der Waals surface area contributed by atoms with Crippen molar-refractivity contribution >= 4 is 41.1 Å². The first kappa shape index (κ1) is 31.7. The lowest BCUT2D eigenvalue weighted by atomic mass is 9.93. The van der Waals surface area contributed by atoms with Gasteiger partial charge in [0.05, 0.1) is 0 Å². The van der Waals surface area contributed by atoms with E-state index in [0.717, 1.165) is 37.2 Å². The van der Waals surface area contributed by atoms with E-state index in [1.54, 1.807) is 0 Å². The van der Waals surface area contributed by atoms with Crippen molar-refractivity contribution in [1.29, 1.82) is 0 Å². The summed E-state index contributed by atoms with van der Waals surface area (Å²) in [6.45, 7) is 1.07. The lowest BCUT2D eigenvalue weighted by molar-refractivity contribution is 0.403. The van der Waals surface area contributed by atoms with Crippen LogP contribution >= 0.6 is 12.4 Å². The van der Waals surface area contributed by atoms with Crippen molar-refractivity contribution in [2.45, 2.75) is 6.42 Å². The van der Waals surface area contributed by atoms with E-state index >= 15 is 0 Å². The maximum absolute atomic E-state index is 12.1. The Hall–Kier alpha value is -5.18. The minimum Gasteiger partial charge on any atom is -0.508 e. The van der Waals surface area contributed by atoms with Crippen LogP contribution in [0.2, 0.25) is 0 Å². The van der Waals surface area contributed by atoms with Gasteiger partial charge in [-0.3, -0.25) is 4.79 Å². The molecule has 0 bridgehead atoms. The molecule has 0 unspecified atom stereocenters. The van der Waals surface area contributed by atoms with Crippen LogP contribution in [0.5, 0.6) is 28.7 Å². The Morgan fingerprint density at radius 3 is 1.95 bits per heavy atom. The number of hydrogen-bond donors (Lipinski definition) is 5. The fourth-order valence-electron chi connectivity index (χ4n) is 4.92. The van der Waals surface area contributed by atoms with Crippen LogP contribution in [0.25, 0.3) is 40.0 Å². The van der Waals surface area contributed by atoms with Crippen molar-refractivity contribution in [3.8, 4) is 40.1 Å². The number of phenols is 4. The maximum atomic E-state index is 12.1. The summed E-state index contributed by atoms with van der Waals surface area (Å²) in [6.07, 6.45) is 7.89. The minimum atomic E-state index is -0.888. The third kappa shape index (κ3) is 6.57. The molecule has 8 nitrogen and oxygen atoms in total. The fourth-order valence-corrected chi connectivity index (χ4v) is 4.92. The van der Waals surface area contributed by atoms with Gasteiger partial charge in [-0.15, -0.1) is 12.4 Å². The molecule has 0 atom stereocenters. The predicted molar refractivity (Wildman–Crippen MR) is 176 cm³/mol. The van der Waals surface area contributed by atoms with E-state index in [2.05, 4.69) is 85.8 Å². The summed E-state index contributed by atoms with van der Waals surface area (Å²) < 4.78 is 5.35. The van der Waals surface area contributed by atoms with Crippen LogP contribution in [0.1, 0.15) is 28.7 Å². The molecule has 0 amide bonds. The maximum Gasteiger partial charge on any atom is 0.238 e. The number of phenolic OH excluding ortho intramolecular Hbond substituents is 4. The molecule has 1 aromatic heterocycles. The Labute approximate surface area is 260 Å². The molecule has 0 radical (unpaired) electrons. The minimum absolute atomic E-state index is 0. The summed E-state index contributed by atoms with van der Waals surface area (Å²) in [4.78, 5) is 14.4. The van der Waals surface area contributed by atoms with Crippen LogP contribution < -0.4 is 5.43 Å². The summed E-state index contributed by atoms with van der Waals surface area (Å²) in [5.74, 6) is -2.71. The van der Waals surface area contributed by atoms with Crippen LogP contribution in [0.3, 0.4) is 0 Å². The van der Waals surface area contributed by atoms with Crippen LogP contribution in [-0.4, -0.2) is 51.1 Å². The quantitative estimate of drug-likeness (QED) is 0.135. The van der Waals surface area contributed by atoms with Crippen molar-refractivity contribution in [3.05, 3.63) is 117 Å². The van der Waals surface area contributed by atoms with E-state index in [1.165, 1.54) is 33.9 Å². The van der Waals surface area contributed by atoms with Crippen LogP contribution in [-0.2, 0) is 0 Å². The average molecular weight is 614 g/mol. The number of hydrogen-bond acceptors (Lipinski definition) is 8. The van der Waals surface area contributed by atoms with Gasteiger partial charge in [0.15, 0.2) is 17.3 Å². The fraction of sp³-hybridized carbons (Fsp3) is 0.114. The monoisotopic (exact) mass is 613 g/mol. The number of nitrogens with zero attached hydrogens (tertiary/aromatic N) is 1. The SMILES string of the molecule is CN(C)CCC=C1c2ccccc2C=Cc2ccccc21.Cl.O=c1c(O)c(-c2ccc(O)c(O)c2)oc2cc(O)cc(O)c12. The van der Waals surface area contributed by atoms with Crippen LogP contribution in [0.4, 0.5) is 0 Å². The molecule has 1 aliphatic rings. The smallest absolute Gasteiger partial charge is 0.238 e. The average Bonchev–Trinajstić information content (AvgIpc) is 3.13.